The summed E-state index contributed by atoms with van der Waals surface area (Å²) in [5, 5.41) is 2.60. The molecule has 3 aromatic carbocycles. The summed E-state index contributed by atoms with van der Waals surface area (Å²) >= 11 is 0. The van der Waals surface area contributed by atoms with Gasteiger partial charge in [0.05, 0.1) is 17.7 Å². The van der Waals surface area contributed by atoms with Crippen molar-refractivity contribution >= 4 is 23.6 Å². The lowest BCUT2D eigenvalue weighted by molar-refractivity contribution is 0.0641. The van der Waals surface area contributed by atoms with Gasteiger partial charge >= 0.3 is 0 Å². The van der Waals surface area contributed by atoms with Crippen molar-refractivity contribution in [1.29, 1.82) is 0 Å². The summed E-state index contributed by atoms with van der Waals surface area (Å²) in [5.41, 5.74) is 3.57. The van der Waals surface area contributed by atoms with Gasteiger partial charge in [-0.2, -0.15) is 0 Å². The zero-order valence-corrected chi connectivity index (χ0v) is 19.4. The smallest absolute Gasteiger partial charge is 0.261 e. The van der Waals surface area contributed by atoms with Crippen molar-refractivity contribution in [3.05, 3.63) is 106 Å². The van der Waals surface area contributed by atoms with E-state index in [0.29, 0.717) is 28.8 Å². The van der Waals surface area contributed by atoms with Crippen LogP contribution in [0.4, 0.5) is 0 Å². The van der Waals surface area contributed by atoms with Crippen LogP contribution in [0.3, 0.4) is 0 Å². The maximum absolute atomic E-state index is 13.5. The van der Waals surface area contributed by atoms with Gasteiger partial charge in [-0.05, 0) is 60.4 Å². The van der Waals surface area contributed by atoms with Crippen LogP contribution >= 0.6 is 0 Å². The molecule has 0 unspecified atom stereocenters. The molecule has 1 fully saturated rings. The van der Waals surface area contributed by atoms with Crippen LogP contribution < -0.4 is 5.32 Å². The molecule has 4 amide bonds. The van der Waals surface area contributed by atoms with Gasteiger partial charge in [0.25, 0.3) is 23.6 Å². The van der Waals surface area contributed by atoms with E-state index in [0.717, 1.165) is 24.0 Å². The third kappa shape index (κ3) is 4.45. The van der Waals surface area contributed by atoms with Gasteiger partial charge < -0.3 is 10.2 Å². The van der Waals surface area contributed by atoms with E-state index >= 15 is 0 Å². The lowest BCUT2D eigenvalue weighted by Gasteiger charge is -2.23. The van der Waals surface area contributed by atoms with Gasteiger partial charge in [-0.1, -0.05) is 36.4 Å². The monoisotopic (exact) mass is 467 g/mol. The Morgan fingerprint density at radius 1 is 0.857 bits per heavy atom. The van der Waals surface area contributed by atoms with Gasteiger partial charge in [-0.25, -0.2) is 0 Å². The summed E-state index contributed by atoms with van der Waals surface area (Å²) in [4.78, 5) is 53.8. The molecular weight excluding hydrogens is 442 g/mol. The van der Waals surface area contributed by atoms with Gasteiger partial charge in [-0.3, -0.25) is 24.1 Å². The number of carbonyl (C=O) groups excluding carboxylic acids is 4. The fourth-order valence-corrected chi connectivity index (χ4v) is 4.39. The first-order valence-electron chi connectivity index (χ1n) is 11.6. The minimum atomic E-state index is -0.317. The summed E-state index contributed by atoms with van der Waals surface area (Å²) in [5.74, 6) is -0.877. The predicted octanol–water partition coefficient (Wildman–Crippen LogP) is 3.65. The number of fused-ring (bicyclic) bond motifs is 1. The van der Waals surface area contributed by atoms with Crippen LogP contribution in [0.5, 0.6) is 0 Å². The molecule has 1 N–H and O–H groups in total. The summed E-state index contributed by atoms with van der Waals surface area (Å²) in [6.45, 7) is 0.554. The number of rotatable bonds is 7. The SMILES string of the molecule is CNC(=O)c1ccc(CN(C(=O)c2cccc(CN3C(=O)c4ccccc4C3=O)c2)C2CC2)cc1. The fraction of sp³-hybridized carbons (Fsp3) is 0.214. The van der Waals surface area contributed by atoms with E-state index in [1.54, 1.807) is 61.6 Å². The van der Waals surface area contributed by atoms with E-state index in [-0.39, 0.29) is 36.2 Å². The van der Waals surface area contributed by atoms with E-state index in [9.17, 15) is 19.2 Å². The van der Waals surface area contributed by atoms with E-state index in [1.807, 2.05) is 23.1 Å². The number of nitrogens with zero attached hydrogens (tertiary/aromatic N) is 2. The molecule has 176 valence electrons. The van der Waals surface area contributed by atoms with Crippen molar-refractivity contribution in [1.82, 2.24) is 15.1 Å². The maximum Gasteiger partial charge on any atom is 0.261 e. The molecule has 0 atom stereocenters. The molecule has 1 saturated carbocycles. The Morgan fingerprint density at radius 3 is 2.11 bits per heavy atom. The second kappa shape index (κ2) is 9.18. The Balaban J connectivity index is 1.32. The molecule has 0 spiro atoms. The molecule has 5 rings (SSSR count). The minimum Gasteiger partial charge on any atom is -0.355 e. The molecule has 1 aliphatic carbocycles. The van der Waals surface area contributed by atoms with Crippen LogP contribution in [0.1, 0.15) is 65.4 Å². The van der Waals surface area contributed by atoms with Crippen LogP contribution in [-0.2, 0) is 13.1 Å². The molecule has 0 saturated heterocycles. The third-order valence-electron chi connectivity index (χ3n) is 6.44. The van der Waals surface area contributed by atoms with Crippen LogP contribution in [0.15, 0.2) is 72.8 Å². The van der Waals surface area contributed by atoms with Crippen molar-refractivity contribution in [2.45, 2.75) is 32.0 Å². The van der Waals surface area contributed by atoms with Gasteiger partial charge in [0.1, 0.15) is 0 Å². The molecule has 0 aromatic heterocycles. The predicted molar refractivity (Wildman–Crippen MR) is 130 cm³/mol. The zero-order valence-electron chi connectivity index (χ0n) is 19.4. The van der Waals surface area contributed by atoms with Gasteiger partial charge in [0.2, 0.25) is 0 Å². The van der Waals surface area contributed by atoms with Gasteiger partial charge in [-0.15, -0.1) is 0 Å². The quantitative estimate of drug-likeness (QED) is 0.538. The Hall–Kier alpha value is -4.26. The summed E-state index contributed by atoms with van der Waals surface area (Å²) in [6.07, 6.45) is 1.91. The second-order valence-corrected chi connectivity index (χ2v) is 8.88. The number of amides is 4. The molecule has 0 radical (unpaired) electrons. The van der Waals surface area contributed by atoms with Gasteiger partial charge in [0, 0.05) is 30.8 Å². The second-order valence-electron chi connectivity index (χ2n) is 8.88. The molecule has 35 heavy (non-hydrogen) atoms. The Bertz CT molecular complexity index is 1290. The van der Waals surface area contributed by atoms with E-state index in [1.165, 1.54) is 4.90 Å². The van der Waals surface area contributed by atoms with E-state index < -0.39 is 0 Å². The fourth-order valence-electron chi connectivity index (χ4n) is 4.39. The first kappa shape index (κ1) is 22.5. The van der Waals surface area contributed by atoms with Crippen molar-refractivity contribution in [2.24, 2.45) is 0 Å². The highest BCUT2D eigenvalue weighted by Gasteiger charge is 2.36. The van der Waals surface area contributed by atoms with Crippen LogP contribution in [0, 0.1) is 0 Å². The first-order chi connectivity index (χ1) is 17.0. The highest BCUT2D eigenvalue weighted by atomic mass is 16.2. The highest BCUT2D eigenvalue weighted by molar-refractivity contribution is 6.21. The molecule has 1 heterocycles. The number of benzene rings is 3. The first-order valence-corrected chi connectivity index (χ1v) is 11.6. The van der Waals surface area contributed by atoms with Crippen molar-refractivity contribution < 1.29 is 19.2 Å². The summed E-state index contributed by atoms with van der Waals surface area (Å²) in [7, 11) is 1.59. The Morgan fingerprint density at radius 2 is 1.51 bits per heavy atom. The molecule has 1 aliphatic heterocycles. The Labute approximate surface area is 203 Å². The van der Waals surface area contributed by atoms with E-state index in [2.05, 4.69) is 5.32 Å². The highest BCUT2D eigenvalue weighted by Crippen LogP contribution is 2.30. The summed E-state index contributed by atoms with van der Waals surface area (Å²) in [6, 6.07) is 21.3. The molecule has 2 aliphatic rings. The van der Waals surface area contributed by atoms with Crippen LogP contribution in [0.2, 0.25) is 0 Å². The number of imide groups is 1. The van der Waals surface area contributed by atoms with Crippen molar-refractivity contribution in [3.63, 3.8) is 0 Å². The average molecular weight is 468 g/mol. The maximum atomic E-state index is 13.5. The number of carbonyl (C=O) groups is 4. The van der Waals surface area contributed by atoms with Crippen molar-refractivity contribution in [3.8, 4) is 0 Å². The third-order valence-corrected chi connectivity index (χ3v) is 6.44. The van der Waals surface area contributed by atoms with Crippen molar-refractivity contribution in [2.75, 3.05) is 7.05 Å². The largest absolute Gasteiger partial charge is 0.355 e. The molecular formula is C28H25N3O4. The lowest BCUT2D eigenvalue weighted by Crippen LogP contribution is -2.33. The number of hydrogen-bond donors (Lipinski definition) is 1. The molecule has 0 bridgehead atoms. The molecule has 7 heteroatoms. The van der Waals surface area contributed by atoms with E-state index in [4.69, 9.17) is 0 Å². The van der Waals surface area contributed by atoms with Crippen LogP contribution in [-0.4, -0.2) is 46.5 Å². The number of hydrogen-bond acceptors (Lipinski definition) is 4. The average Bonchev–Trinajstić information content (AvgIpc) is 3.71. The lowest BCUT2D eigenvalue weighted by atomic mass is 10.1. The Kier molecular flexibility index (Phi) is 5.91. The molecule has 3 aromatic rings. The topological polar surface area (TPSA) is 86.8 Å². The normalized spacial score (nSPS) is 14.6. The summed E-state index contributed by atoms with van der Waals surface area (Å²) < 4.78 is 0. The zero-order chi connectivity index (χ0) is 24.5. The van der Waals surface area contributed by atoms with Crippen LogP contribution in [0.25, 0.3) is 0 Å². The molecule has 7 nitrogen and oxygen atoms in total. The minimum absolute atomic E-state index is 0.0907. The standard InChI is InChI=1S/C28H25N3O4/c1-29-25(32)20-11-9-18(10-12-20)16-30(22-13-14-22)26(33)21-6-4-5-19(15-21)17-31-27(34)23-7-2-3-8-24(23)28(31)35/h2-12,15,22H,13-14,16-17H2,1H3,(H,29,32). The van der Waals surface area contributed by atoms with Gasteiger partial charge in [0.15, 0.2) is 0 Å². The number of nitrogens with one attached hydrogen (secondary N) is 1.